The summed E-state index contributed by atoms with van der Waals surface area (Å²) in [5, 5.41) is 5.76. The van der Waals surface area contributed by atoms with Crippen LogP contribution in [-0.4, -0.2) is 25.7 Å². The van der Waals surface area contributed by atoms with Crippen LogP contribution in [0.5, 0.6) is 11.5 Å². The molecule has 0 aromatic heterocycles. The van der Waals surface area contributed by atoms with Crippen molar-refractivity contribution in [1.29, 1.82) is 0 Å². The third-order valence-corrected chi connectivity index (χ3v) is 3.47. The minimum Gasteiger partial charge on any atom is -0.493 e. The van der Waals surface area contributed by atoms with Gasteiger partial charge in [-0.05, 0) is 24.6 Å². The van der Waals surface area contributed by atoms with Gasteiger partial charge in [0.25, 0.3) is 0 Å². The molecule has 2 rings (SSSR count). The minimum atomic E-state index is -2.96. The van der Waals surface area contributed by atoms with Crippen LogP contribution in [-0.2, 0) is 11.3 Å². The summed E-state index contributed by atoms with van der Waals surface area (Å²) in [5.74, 6) is -0.123. The van der Waals surface area contributed by atoms with E-state index in [0.29, 0.717) is 12.2 Å². The van der Waals surface area contributed by atoms with Gasteiger partial charge in [-0.2, -0.15) is 8.78 Å². The first-order chi connectivity index (χ1) is 12.0. The average Bonchev–Trinajstić information content (AvgIpc) is 2.60. The highest BCUT2D eigenvalue weighted by Crippen LogP contribution is 2.31. The summed E-state index contributed by atoms with van der Waals surface area (Å²) < 4.78 is 34.3. The Bertz CT molecular complexity index is 696. The van der Waals surface area contributed by atoms with Gasteiger partial charge in [0.15, 0.2) is 11.5 Å². The standard InChI is InChI=1S/C18H20F2N2O3/c1-12(17(23)21-11-13-6-4-3-5-7-13)22-14-8-9-15(24-2)16(10-14)25-18(19)20/h3-10,12,18,22H,11H2,1-2H3,(H,21,23)/t12-/m0/s1. The number of carbonyl (C=O) groups excluding carboxylic acids is 1. The summed E-state index contributed by atoms with van der Waals surface area (Å²) in [6.45, 7) is -0.873. The molecular weight excluding hydrogens is 330 g/mol. The zero-order valence-corrected chi connectivity index (χ0v) is 14.0. The highest BCUT2D eigenvalue weighted by molar-refractivity contribution is 5.84. The SMILES string of the molecule is COc1ccc(N[C@@H](C)C(=O)NCc2ccccc2)cc1OC(F)F. The van der Waals surface area contributed by atoms with Crippen LogP contribution in [0.4, 0.5) is 14.5 Å². The fourth-order valence-electron chi connectivity index (χ4n) is 2.21. The number of benzene rings is 2. The molecule has 134 valence electrons. The zero-order chi connectivity index (χ0) is 18.2. The Hall–Kier alpha value is -2.83. The molecule has 0 heterocycles. The van der Waals surface area contributed by atoms with Crippen LogP contribution in [0.15, 0.2) is 48.5 Å². The van der Waals surface area contributed by atoms with Crippen molar-refractivity contribution in [3.63, 3.8) is 0 Å². The summed E-state index contributed by atoms with van der Waals surface area (Å²) in [4.78, 5) is 12.2. The molecule has 5 nitrogen and oxygen atoms in total. The van der Waals surface area contributed by atoms with Crippen molar-refractivity contribution >= 4 is 11.6 Å². The van der Waals surface area contributed by atoms with Crippen molar-refractivity contribution < 1.29 is 23.0 Å². The van der Waals surface area contributed by atoms with E-state index < -0.39 is 12.7 Å². The van der Waals surface area contributed by atoms with Crippen LogP contribution in [0.25, 0.3) is 0 Å². The molecule has 0 unspecified atom stereocenters. The monoisotopic (exact) mass is 350 g/mol. The molecule has 0 aliphatic carbocycles. The summed E-state index contributed by atoms with van der Waals surface area (Å²) in [5.41, 5.74) is 1.46. The summed E-state index contributed by atoms with van der Waals surface area (Å²) in [6.07, 6.45) is 0. The van der Waals surface area contributed by atoms with Crippen LogP contribution in [0.2, 0.25) is 0 Å². The molecule has 0 saturated heterocycles. The van der Waals surface area contributed by atoms with E-state index in [0.717, 1.165) is 5.56 Å². The van der Waals surface area contributed by atoms with Crippen LogP contribution < -0.4 is 20.1 Å². The average molecular weight is 350 g/mol. The van der Waals surface area contributed by atoms with E-state index in [1.165, 1.54) is 19.2 Å². The maximum Gasteiger partial charge on any atom is 0.387 e. The number of methoxy groups -OCH3 is 1. The van der Waals surface area contributed by atoms with Crippen molar-refractivity contribution in [3.05, 3.63) is 54.1 Å². The molecule has 0 aliphatic rings. The predicted octanol–water partition coefficient (Wildman–Crippen LogP) is 3.41. The van der Waals surface area contributed by atoms with E-state index in [1.807, 2.05) is 30.3 Å². The topological polar surface area (TPSA) is 59.6 Å². The number of halogens is 2. The number of hydrogen-bond acceptors (Lipinski definition) is 4. The van der Waals surface area contributed by atoms with Crippen molar-refractivity contribution in [3.8, 4) is 11.5 Å². The fourth-order valence-corrected chi connectivity index (χ4v) is 2.21. The zero-order valence-electron chi connectivity index (χ0n) is 14.0. The third-order valence-electron chi connectivity index (χ3n) is 3.47. The van der Waals surface area contributed by atoms with Gasteiger partial charge < -0.3 is 20.1 Å². The van der Waals surface area contributed by atoms with Gasteiger partial charge >= 0.3 is 6.61 Å². The molecule has 0 bridgehead atoms. The molecule has 25 heavy (non-hydrogen) atoms. The van der Waals surface area contributed by atoms with E-state index >= 15 is 0 Å². The van der Waals surface area contributed by atoms with Crippen LogP contribution in [0, 0.1) is 0 Å². The Labute approximate surface area is 144 Å². The van der Waals surface area contributed by atoms with Gasteiger partial charge in [0, 0.05) is 18.3 Å². The molecule has 1 atom stereocenters. The summed E-state index contributed by atoms with van der Waals surface area (Å²) in [6, 6.07) is 13.4. The Morgan fingerprint density at radius 1 is 1.12 bits per heavy atom. The first-order valence-electron chi connectivity index (χ1n) is 7.70. The van der Waals surface area contributed by atoms with E-state index in [2.05, 4.69) is 15.4 Å². The van der Waals surface area contributed by atoms with Gasteiger partial charge in [-0.15, -0.1) is 0 Å². The highest BCUT2D eigenvalue weighted by atomic mass is 19.3. The van der Waals surface area contributed by atoms with Crippen molar-refractivity contribution in [2.75, 3.05) is 12.4 Å². The Morgan fingerprint density at radius 2 is 1.84 bits per heavy atom. The van der Waals surface area contributed by atoms with Gasteiger partial charge in [-0.25, -0.2) is 0 Å². The molecule has 0 radical (unpaired) electrons. The van der Waals surface area contributed by atoms with Crippen LogP contribution in [0.1, 0.15) is 12.5 Å². The minimum absolute atomic E-state index is 0.0978. The smallest absolute Gasteiger partial charge is 0.387 e. The van der Waals surface area contributed by atoms with E-state index in [1.54, 1.807) is 13.0 Å². The normalized spacial score (nSPS) is 11.7. The lowest BCUT2D eigenvalue weighted by atomic mass is 10.2. The maximum absolute atomic E-state index is 12.5. The highest BCUT2D eigenvalue weighted by Gasteiger charge is 2.15. The van der Waals surface area contributed by atoms with Crippen LogP contribution >= 0.6 is 0 Å². The first-order valence-corrected chi connectivity index (χ1v) is 7.70. The van der Waals surface area contributed by atoms with Crippen LogP contribution in [0.3, 0.4) is 0 Å². The van der Waals surface area contributed by atoms with E-state index in [4.69, 9.17) is 4.74 Å². The first kappa shape index (κ1) is 18.5. The number of alkyl halides is 2. The molecular formula is C18H20F2N2O3. The van der Waals surface area contributed by atoms with Gasteiger partial charge in [0.05, 0.1) is 7.11 Å². The van der Waals surface area contributed by atoms with Gasteiger partial charge in [-0.3, -0.25) is 4.79 Å². The van der Waals surface area contributed by atoms with Crippen molar-refractivity contribution in [2.45, 2.75) is 26.1 Å². The summed E-state index contributed by atoms with van der Waals surface area (Å²) >= 11 is 0. The number of hydrogen-bond donors (Lipinski definition) is 2. The summed E-state index contributed by atoms with van der Waals surface area (Å²) in [7, 11) is 1.36. The Kier molecular flexibility index (Phi) is 6.56. The second kappa shape index (κ2) is 8.86. The molecule has 0 saturated carbocycles. The number of rotatable bonds is 8. The second-order valence-electron chi connectivity index (χ2n) is 5.31. The lowest BCUT2D eigenvalue weighted by Crippen LogP contribution is -2.37. The molecule has 0 fully saturated rings. The second-order valence-corrected chi connectivity index (χ2v) is 5.31. The molecule has 2 aromatic carbocycles. The lowest BCUT2D eigenvalue weighted by molar-refractivity contribution is -0.121. The lowest BCUT2D eigenvalue weighted by Gasteiger charge is -2.17. The Morgan fingerprint density at radius 3 is 2.48 bits per heavy atom. The molecule has 2 N–H and O–H groups in total. The van der Waals surface area contributed by atoms with Crippen molar-refractivity contribution in [1.82, 2.24) is 5.32 Å². The number of carbonyl (C=O) groups is 1. The number of amides is 1. The van der Waals surface area contributed by atoms with E-state index in [9.17, 15) is 13.6 Å². The number of anilines is 1. The van der Waals surface area contributed by atoms with Crippen molar-refractivity contribution in [2.24, 2.45) is 0 Å². The Balaban J connectivity index is 1.96. The largest absolute Gasteiger partial charge is 0.493 e. The third kappa shape index (κ3) is 5.63. The quantitative estimate of drug-likeness (QED) is 0.766. The molecule has 1 amide bonds. The molecule has 0 aliphatic heterocycles. The van der Waals surface area contributed by atoms with Gasteiger partial charge in [0.1, 0.15) is 6.04 Å². The van der Waals surface area contributed by atoms with Gasteiger partial charge in [-0.1, -0.05) is 30.3 Å². The fraction of sp³-hybridized carbons (Fsp3) is 0.278. The van der Waals surface area contributed by atoms with Gasteiger partial charge in [0.2, 0.25) is 5.91 Å². The number of nitrogens with one attached hydrogen (secondary N) is 2. The maximum atomic E-state index is 12.5. The molecule has 2 aromatic rings. The predicted molar refractivity (Wildman–Crippen MR) is 91.0 cm³/mol. The van der Waals surface area contributed by atoms with E-state index in [-0.39, 0.29) is 17.4 Å². The molecule has 7 heteroatoms. The number of ether oxygens (including phenoxy) is 2. The molecule has 0 spiro atoms.